The number of nitrogens with one attached hydrogen (secondary N) is 1. The fraction of sp³-hybridized carbons (Fsp3) is 0.714. The highest BCUT2D eigenvalue weighted by Crippen LogP contribution is 2.28. The van der Waals surface area contributed by atoms with Gasteiger partial charge in [-0.05, 0) is 0 Å². The third-order valence-corrected chi connectivity index (χ3v) is 3.43. The number of esters is 3. The Labute approximate surface area is 143 Å². The van der Waals surface area contributed by atoms with Crippen molar-refractivity contribution in [3.8, 4) is 0 Å². The molecule has 0 aromatic carbocycles. The fourth-order valence-electron chi connectivity index (χ4n) is 2.28. The number of carbonyl (C=O) groups excluding carboxylic acids is 4. The summed E-state index contributed by atoms with van der Waals surface area (Å²) < 4.78 is 20.7. The summed E-state index contributed by atoms with van der Waals surface area (Å²) in [5.74, 6) is -2.33. The molecule has 9 nitrogen and oxygen atoms in total. The average molecular weight is 366 g/mol. The Hall–Kier alpha value is -1.87. The molecule has 0 bridgehead atoms. The lowest BCUT2D eigenvalue weighted by molar-refractivity contribution is -0.212. The average Bonchev–Trinajstić information content (AvgIpc) is 2.42. The second-order valence-electron chi connectivity index (χ2n) is 5.20. The number of hydrogen-bond acceptors (Lipinski definition) is 8. The molecule has 0 aliphatic carbocycles. The molecule has 5 atom stereocenters. The molecule has 1 N–H and O–H groups in total. The lowest BCUT2D eigenvalue weighted by atomic mass is 9.97. The van der Waals surface area contributed by atoms with E-state index in [9.17, 15) is 19.2 Å². The van der Waals surface area contributed by atoms with Gasteiger partial charge < -0.3 is 24.3 Å². The molecule has 1 heterocycles. The number of ether oxygens (including phenoxy) is 4. The second-order valence-corrected chi connectivity index (χ2v) is 5.63. The van der Waals surface area contributed by atoms with Gasteiger partial charge in [0, 0.05) is 27.7 Å². The first-order valence-corrected chi connectivity index (χ1v) is 7.60. The number of halogens is 1. The van der Waals surface area contributed by atoms with Crippen LogP contribution in [0, 0.1) is 0 Å². The molecule has 1 aliphatic rings. The van der Waals surface area contributed by atoms with E-state index in [1.807, 2.05) is 0 Å². The van der Waals surface area contributed by atoms with E-state index < -0.39 is 53.7 Å². The molecule has 1 amide bonds. The number of hydrogen-bond donors (Lipinski definition) is 1. The SMILES string of the molecule is CC(=O)NC1[C@@H](OC(C)=O)[C@@H](OC(C)=O)C(COC(C)=O)O[C@@H]1Cl. The Morgan fingerprint density at radius 3 is 1.96 bits per heavy atom. The van der Waals surface area contributed by atoms with Crippen LogP contribution in [0.4, 0.5) is 0 Å². The van der Waals surface area contributed by atoms with E-state index in [-0.39, 0.29) is 6.61 Å². The van der Waals surface area contributed by atoms with Crippen molar-refractivity contribution in [3.63, 3.8) is 0 Å². The molecule has 1 rings (SSSR count). The molecule has 1 aliphatic heterocycles. The summed E-state index contributed by atoms with van der Waals surface area (Å²) in [5, 5.41) is 2.50. The van der Waals surface area contributed by atoms with Gasteiger partial charge in [-0.25, -0.2) is 0 Å². The number of amides is 1. The fourth-order valence-corrected chi connectivity index (χ4v) is 2.62. The van der Waals surface area contributed by atoms with Crippen molar-refractivity contribution in [2.24, 2.45) is 0 Å². The Kier molecular flexibility index (Phi) is 7.43. The van der Waals surface area contributed by atoms with Crippen molar-refractivity contribution in [1.82, 2.24) is 5.32 Å². The van der Waals surface area contributed by atoms with Gasteiger partial charge in [-0.15, -0.1) is 0 Å². The van der Waals surface area contributed by atoms with Crippen LogP contribution < -0.4 is 5.32 Å². The first-order valence-electron chi connectivity index (χ1n) is 7.16. The summed E-state index contributed by atoms with van der Waals surface area (Å²) in [6.45, 7) is 4.51. The van der Waals surface area contributed by atoms with Gasteiger partial charge in [-0.3, -0.25) is 19.2 Å². The highest BCUT2D eigenvalue weighted by Gasteiger charge is 2.50. The summed E-state index contributed by atoms with van der Waals surface area (Å²) in [4.78, 5) is 45.2. The predicted octanol–water partition coefficient (Wildman–Crippen LogP) is -0.119. The maximum Gasteiger partial charge on any atom is 0.303 e. The van der Waals surface area contributed by atoms with Gasteiger partial charge >= 0.3 is 17.9 Å². The van der Waals surface area contributed by atoms with E-state index in [2.05, 4.69) is 5.32 Å². The van der Waals surface area contributed by atoms with Gasteiger partial charge in [0.05, 0.1) is 0 Å². The normalized spacial score (nSPS) is 29.3. The van der Waals surface area contributed by atoms with E-state index in [1.165, 1.54) is 13.8 Å². The van der Waals surface area contributed by atoms with Crippen molar-refractivity contribution in [2.75, 3.05) is 6.61 Å². The van der Waals surface area contributed by atoms with E-state index >= 15 is 0 Å². The largest absolute Gasteiger partial charge is 0.463 e. The smallest absolute Gasteiger partial charge is 0.303 e. The summed E-state index contributed by atoms with van der Waals surface area (Å²) in [6, 6.07) is -0.953. The van der Waals surface area contributed by atoms with Gasteiger partial charge in [0.25, 0.3) is 0 Å². The van der Waals surface area contributed by atoms with Crippen molar-refractivity contribution in [1.29, 1.82) is 0 Å². The van der Waals surface area contributed by atoms with Gasteiger partial charge in [-0.2, -0.15) is 0 Å². The van der Waals surface area contributed by atoms with Crippen molar-refractivity contribution < 1.29 is 38.1 Å². The Balaban J connectivity index is 3.11. The molecule has 24 heavy (non-hydrogen) atoms. The second kappa shape index (κ2) is 8.84. The summed E-state index contributed by atoms with van der Waals surface area (Å²) in [5.41, 5.74) is -1.09. The summed E-state index contributed by atoms with van der Waals surface area (Å²) in [6.07, 6.45) is -3.18. The van der Waals surface area contributed by atoms with Gasteiger partial charge in [0.2, 0.25) is 5.91 Å². The Bertz CT molecular complexity index is 511. The summed E-state index contributed by atoms with van der Waals surface area (Å²) >= 11 is 6.11. The molecule has 0 aromatic heterocycles. The Morgan fingerprint density at radius 1 is 0.958 bits per heavy atom. The monoisotopic (exact) mass is 365 g/mol. The van der Waals surface area contributed by atoms with E-state index in [1.54, 1.807) is 0 Å². The van der Waals surface area contributed by atoms with Gasteiger partial charge in [-0.1, -0.05) is 11.6 Å². The molecular weight excluding hydrogens is 346 g/mol. The minimum atomic E-state index is -1.11. The minimum Gasteiger partial charge on any atom is -0.463 e. The van der Waals surface area contributed by atoms with Crippen molar-refractivity contribution in [2.45, 2.75) is 57.6 Å². The molecule has 2 unspecified atom stereocenters. The predicted molar refractivity (Wildman–Crippen MR) is 79.9 cm³/mol. The number of rotatable bonds is 5. The standard InChI is InChI=1S/C14H20ClNO8/c1-6(17)16-11-13(23-9(4)20)12(22-8(3)19)10(24-14(11)15)5-21-7(2)18/h10-14H,5H2,1-4H3,(H,16,17)/t10?,11?,12-,13+,14-/m0/s1. The van der Waals surface area contributed by atoms with Crippen molar-refractivity contribution >= 4 is 35.4 Å². The van der Waals surface area contributed by atoms with Crippen LogP contribution in [-0.4, -0.2) is 60.3 Å². The molecule has 0 saturated carbocycles. The molecule has 1 saturated heterocycles. The number of alkyl halides is 1. The molecule has 10 heteroatoms. The van der Waals surface area contributed by atoms with Crippen LogP contribution in [0.25, 0.3) is 0 Å². The van der Waals surface area contributed by atoms with Crippen LogP contribution in [-0.2, 0) is 38.1 Å². The number of carbonyl (C=O) groups is 4. The third kappa shape index (κ3) is 5.97. The minimum absolute atomic E-state index is 0.263. The molecule has 1 fully saturated rings. The maximum absolute atomic E-state index is 11.4. The maximum atomic E-state index is 11.4. The molecular formula is C14H20ClNO8. The summed E-state index contributed by atoms with van der Waals surface area (Å²) in [7, 11) is 0. The van der Waals surface area contributed by atoms with Crippen LogP contribution in [0.5, 0.6) is 0 Å². The van der Waals surface area contributed by atoms with E-state index in [0.29, 0.717) is 0 Å². The van der Waals surface area contributed by atoms with Crippen LogP contribution in [0.15, 0.2) is 0 Å². The quantitative estimate of drug-likeness (QED) is 0.407. The zero-order valence-corrected chi connectivity index (χ0v) is 14.5. The molecule has 0 spiro atoms. The first-order chi connectivity index (χ1) is 11.1. The molecule has 136 valence electrons. The highest BCUT2D eigenvalue weighted by atomic mass is 35.5. The van der Waals surface area contributed by atoms with Crippen LogP contribution in [0.3, 0.4) is 0 Å². The van der Waals surface area contributed by atoms with E-state index in [4.69, 9.17) is 30.5 Å². The topological polar surface area (TPSA) is 117 Å². The highest BCUT2D eigenvalue weighted by molar-refractivity contribution is 6.20. The lowest BCUT2D eigenvalue weighted by Gasteiger charge is -2.43. The van der Waals surface area contributed by atoms with Crippen LogP contribution in [0.2, 0.25) is 0 Å². The molecule has 0 aromatic rings. The Morgan fingerprint density at radius 2 is 1.50 bits per heavy atom. The van der Waals surface area contributed by atoms with Crippen molar-refractivity contribution in [3.05, 3.63) is 0 Å². The van der Waals surface area contributed by atoms with Gasteiger partial charge in [0.15, 0.2) is 17.8 Å². The van der Waals surface area contributed by atoms with E-state index in [0.717, 1.165) is 13.8 Å². The van der Waals surface area contributed by atoms with Crippen LogP contribution in [0.1, 0.15) is 27.7 Å². The zero-order valence-electron chi connectivity index (χ0n) is 13.7. The molecule has 0 radical (unpaired) electrons. The van der Waals surface area contributed by atoms with Gasteiger partial charge in [0.1, 0.15) is 18.8 Å². The lowest BCUT2D eigenvalue weighted by Crippen LogP contribution is -2.64. The first kappa shape index (κ1) is 20.2. The zero-order chi connectivity index (χ0) is 18.4. The van der Waals surface area contributed by atoms with Crippen LogP contribution >= 0.6 is 11.6 Å². The third-order valence-electron chi connectivity index (χ3n) is 3.06.